The molecule has 0 saturated heterocycles. The van der Waals surface area contributed by atoms with Gasteiger partial charge in [0.2, 0.25) is 0 Å². The summed E-state index contributed by atoms with van der Waals surface area (Å²) in [6.45, 7) is 7.26. The van der Waals surface area contributed by atoms with Crippen molar-refractivity contribution in [3.63, 3.8) is 0 Å². The van der Waals surface area contributed by atoms with Gasteiger partial charge in [0.15, 0.2) is 0 Å². The summed E-state index contributed by atoms with van der Waals surface area (Å²) in [7, 11) is 0. The highest BCUT2D eigenvalue weighted by Crippen LogP contribution is 2.19. The molecule has 0 N–H and O–H groups in total. The number of unbranched alkanes of at least 4 members (excludes halogenated alkanes) is 1. The second kappa shape index (κ2) is 7.61. The third-order valence-electron chi connectivity index (χ3n) is 2.48. The largest absolute Gasteiger partial charge is 0.493 e. The number of hydrogen-bond donors (Lipinski definition) is 0. The molecule has 1 aromatic carbocycles. The predicted octanol–water partition coefficient (Wildman–Crippen LogP) is 4.22. The maximum absolute atomic E-state index is 5.76. The Hall–Kier alpha value is -0.630. The van der Waals surface area contributed by atoms with Gasteiger partial charge in [-0.1, -0.05) is 24.6 Å². The highest BCUT2D eigenvalue weighted by Gasteiger charge is 1.98. The van der Waals surface area contributed by atoms with E-state index in [2.05, 4.69) is 39.0 Å². The van der Waals surface area contributed by atoms with Crippen LogP contribution in [0.5, 0.6) is 5.75 Å². The first-order valence-corrected chi connectivity index (χ1v) is 7.17. The first kappa shape index (κ1) is 13.4. The summed E-state index contributed by atoms with van der Waals surface area (Å²) in [5.41, 5.74) is 2.53. The monoisotopic (exact) mass is 238 g/mol. The molecule has 90 valence electrons. The third kappa shape index (κ3) is 4.93. The van der Waals surface area contributed by atoms with E-state index in [1.807, 2.05) is 11.8 Å². The topological polar surface area (TPSA) is 9.23 Å². The number of aryl methyl sites for hydroxylation is 2. The number of thioether (sulfide) groups is 1. The fourth-order valence-electron chi connectivity index (χ4n) is 1.59. The van der Waals surface area contributed by atoms with Crippen molar-refractivity contribution in [1.29, 1.82) is 0 Å². The summed E-state index contributed by atoms with van der Waals surface area (Å²) in [5.74, 6) is 3.51. The molecule has 16 heavy (non-hydrogen) atoms. The molecule has 0 aliphatic heterocycles. The van der Waals surface area contributed by atoms with Crippen molar-refractivity contribution in [1.82, 2.24) is 0 Å². The van der Waals surface area contributed by atoms with E-state index >= 15 is 0 Å². The first-order chi connectivity index (χ1) is 7.74. The van der Waals surface area contributed by atoms with Crippen molar-refractivity contribution in [3.05, 3.63) is 29.3 Å². The third-order valence-corrected chi connectivity index (χ3v) is 3.46. The van der Waals surface area contributed by atoms with E-state index in [1.165, 1.54) is 29.1 Å². The van der Waals surface area contributed by atoms with E-state index in [9.17, 15) is 0 Å². The molecule has 0 saturated carbocycles. The van der Waals surface area contributed by atoms with Crippen molar-refractivity contribution in [2.75, 3.05) is 18.1 Å². The standard InChI is InChI=1S/C14H22OS/c1-4-16-10-6-5-9-15-14-8-7-12(2)11-13(14)3/h7-8,11H,4-6,9-10H2,1-3H3. The van der Waals surface area contributed by atoms with E-state index in [4.69, 9.17) is 4.74 Å². The van der Waals surface area contributed by atoms with Crippen molar-refractivity contribution < 1.29 is 4.74 Å². The molecule has 1 aromatic rings. The van der Waals surface area contributed by atoms with Gasteiger partial charge in [-0.3, -0.25) is 0 Å². The molecular weight excluding hydrogens is 216 g/mol. The van der Waals surface area contributed by atoms with Crippen molar-refractivity contribution >= 4 is 11.8 Å². The summed E-state index contributed by atoms with van der Waals surface area (Å²) in [6, 6.07) is 6.35. The lowest BCUT2D eigenvalue weighted by molar-refractivity contribution is 0.308. The lowest BCUT2D eigenvalue weighted by atomic mass is 10.1. The molecule has 1 nitrogen and oxygen atoms in total. The van der Waals surface area contributed by atoms with Gasteiger partial charge >= 0.3 is 0 Å². The molecule has 0 aliphatic carbocycles. The molecule has 0 radical (unpaired) electrons. The Kier molecular flexibility index (Phi) is 6.39. The van der Waals surface area contributed by atoms with Crippen LogP contribution >= 0.6 is 11.8 Å². The summed E-state index contributed by atoms with van der Waals surface area (Å²) < 4.78 is 5.76. The number of rotatable bonds is 7. The minimum absolute atomic E-state index is 0.841. The van der Waals surface area contributed by atoms with Crippen molar-refractivity contribution in [3.8, 4) is 5.75 Å². The van der Waals surface area contributed by atoms with Gasteiger partial charge in [-0.15, -0.1) is 0 Å². The average molecular weight is 238 g/mol. The Bertz CT molecular complexity index is 310. The summed E-state index contributed by atoms with van der Waals surface area (Å²) >= 11 is 2.00. The molecule has 0 aliphatic rings. The van der Waals surface area contributed by atoms with E-state index in [0.29, 0.717) is 0 Å². The second-order valence-corrected chi connectivity index (χ2v) is 5.42. The number of hydrogen-bond acceptors (Lipinski definition) is 2. The first-order valence-electron chi connectivity index (χ1n) is 6.02. The Morgan fingerprint density at radius 1 is 1.19 bits per heavy atom. The van der Waals surface area contributed by atoms with Gasteiger partial charge in [-0.05, 0) is 49.8 Å². The summed E-state index contributed by atoms with van der Waals surface area (Å²) in [5, 5.41) is 0. The van der Waals surface area contributed by atoms with Crippen LogP contribution in [-0.2, 0) is 0 Å². The molecule has 2 heteroatoms. The van der Waals surface area contributed by atoms with Gasteiger partial charge in [0, 0.05) is 0 Å². The van der Waals surface area contributed by atoms with Gasteiger partial charge in [-0.25, -0.2) is 0 Å². The molecule has 0 fully saturated rings. The molecular formula is C14H22OS. The van der Waals surface area contributed by atoms with Crippen LogP contribution in [0.2, 0.25) is 0 Å². The predicted molar refractivity (Wildman–Crippen MR) is 73.6 cm³/mol. The van der Waals surface area contributed by atoms with E-state index in [1.54, 1.807) is 0 Å². The molecule has 0 amide bonds. The quantitative estimate of drug-likeness (QED) is 0.658. The van der Waals surface area contributed by atoms with Crippen LogP contribution in [0.3, 0.4) is 0 Å². The van der Waals surface area contributed by atoms with Crippen LogP contribution in [0.25, 0.3) is 0 Å². The summed E-state index contributed by atoms with van der Waals surface area (Å²) in [6.07, 6.45) is 2.41. The van der Waals surface area contributed by atoms with Gasteiger partial charge in [-0.2, -0.15) is 11.8 Å². The van der Waals surface area contributed by atoms with Crippen LogP contribution in [0, 0.1) is 13.8 Å². The second-order valence-electron chi connectivity index (χ2n) is 4.02. The maximum atomic E-state index is 5.76. The van der Waals surface area contributed by atoms with Gasteiger partial charge in [0.05, 0.1) is 6.61 Å². The fourth-order valence-corrected chi connectivity index (χ4v) is 2.29. The van der Waals surface area contributed by atoms with Crippen LogP contribution < -0.4 is 4.74 Å². The van der Waals surface area contributed by atoms with Crippen LogP contribution in [-0.4, -0.2) is 18.1 Å². The molecule has 1 rings (SSSR count). The minimum Gasteiger partial charge on any atom is -0.493 e. The highest BCUT2D eigenvalue weighted by atomic mass is 32.2. The zero-order valence-corrected chi connectivity index (χ0v) is 11.4. The Morgan fingerprint density at radius 2 is 2.00 bits per heavy atom. The van der Waals surface area contributed by atoms with E-state index in [0.717, 1.165) is 18.8 Å². The molecule has 0 spiro atoms. The Balaban J connectivity index is 2.21. The fraction of sp³-hybridized carbons (Fsp3) is 0.571. The van der Waals surface area contributed by atoms with Crippen LogP contribution in [0.4, 0.5) is 0 Å². The number of benzene rings is 1. The van der Waals surface area contributed by atoms with Gasteiger partial charge < -0.3 is 4.74 Å². The summed E-state index contributed by atoms with van der Waals surface area (Å²) in [4.78, 5) is 0. The smallest absolute Gasteiger partial charge is 0.122 e. The zero-order valence-electron chi connectivity index (χ0n) is 10.6. The number of ether oxygens (including phenoxy) is 1. The molecule has 0 atom stereocenters. The SMILES string of the molecule is CCSCCCCOc1ccc(C)cc1C. The van der Waals surface area contributed by atoms with E-state index in [-0.39, 0.29) is 0 Å². The minimum atomic E-state index is 0.841. The van der Waals surface area contributed by atoms with Crippen LogP contribution in [0.1, 0.15) is 30.9 Å². The van der Waals surface area contributed by atoms with Gasteiger partial charge in [0.25, 0.3) is 0 Å². The lowest BCUT2D eigenvalue weighted by Crippen LogP contribution is -1.99. The zero-order chi connectivity index (χ0) is 11.8. The van der Waals surface area contributed by atoms with Crippen LogP contribution in [0.15, 0.2) is 18.2 Å². The average Bonchev–Trinajstić information content (AvgIpc) is 2.26. The maximum Gasteiger partial charge on any atom is 0.122 e. The lowest BCUT2D eigenvalue weighted by Gasteiger charge is -2.09. The normalized spacial score (nSPS) is 10.4. The van der Waals surface area contributed by atoms with E-state index < -0.39 is 0 Å². The van der Waals surface area contributed by atoms with Gasteiger partial charge in [0.1, 0.15) is 5.75 Å². The molecule has 0 unspecified atom stereocenters. The van der Waals surface area contributed by atoms with Crippen molar-refractivity contribution in [2.45, 2.75) is 33.6 Å². The molecule has 0 aromatic heterocycles. The Morgan fingerprint density at radius 3 is 2.69 bits per heavy atom. The highest BCUT2D eigenvalue weighted by molar-refractivity contribution is 7.99. The molecule has 0 heterocycles. The molecule has 0 bridgehead atoms. The Labute approximate surface area is 104 Å². The van der Waals surface area contributed by atoms with Crippen molar-refractivity contribution in [2.24, 2.45) is 0 Å².